The van der Waals surface area contributed by atoms with Gasteiger partial charge in [0.1, 0.15) is 18.8 Å². The molecule has 140 valence electrons. The molecule has 0 radical (unpaired) electrons. The second-order valence-corrected chi connectivity index (χ2v) is 6.55. The van der Waals surface area contributed by atoms with Crippen molar-refractivity contribution in [2.45, 2.75) is 19.0 Å². The molecule has 6 nitrogen and oxygen atoms in total. The van der Waals surface area contributed by atoms with E-state index in [4.69, 9.17) is 9.47 Å². The van der Waals surface area contributed by atoms with Crippen molar-refractivity contribution in [3.05, 3.63) is 59.2 Å². The number of nitrogens with zero attached hydrogens (tertiary/aromatic N) is 1. The van der Waals surface area contributed by atoms with Crippen LogP contribution in [-0.4, -0.2) is 30.1 Å². The standard InChI is InChI=1S/C19H16F2N2O4/c1-19(12-3-5-15-16(9-12)27-7-6-26-15)17(24)23(18(25)22-19)10-11-2-4-13(20)14(21)8-11/h2-5,8-9H,6-7,10H2,1H3,(H,22,25)/t19-/m0/s1. The van der Waals surface area contributed by atoms with Crippen LogP contribution in [0.1, 0.15) is 18.1 Å². The molecule has 2 aliphatic heterocycles. The third-order valence-electron chi connectivity index (χ3n) is 4.72. The Morgan fingerprint density at radius 2 is 1.78 bits per heavy atom. The van der Waals surface area contributed by atoms with E-state index in [1.807, 2.05) is 0 Å². The van der Waals surface area contributed by atoms with E-state index in [1.165, 1.54) is 6.07 Å². The van der Waals surface area contributed by atoms with E-state index in [9.17, 15) is 18.4 Å². The van der Waals surface area contributed by atoms with Gasteiger partial charge in [0.2, 0.25) is 0 Å². The number of urea groups is 1. The van der Waals surface area contributed by atoms with Gasteiger partial charge < -0.3 is 14.8 Å². The molecule has 0 saturated carbocycles. The summed E-state index contributed by atoms with van der Waals surface area (Å²) in [5.41, 5.74) is -0.451. The molecule has 0 spiro atoms. The average molecular weight is 374 g/mol. The molecule has 27 heavy (non-hydrogen) atoms. The fourth-order valence-corrected chi connectivity index (χ4v) is 3.21. The SMILES string of the molecule is C[C@@]1(c2ccc3c(c2)OCCO3)NC(=O)N(Cc2ccc(F)c(F)c2)C1=O. The van der Waals surface area contributed by atoms with Gasteiger partial charge in [-0.3, -0.25) is 9.69 Å². The summed E-state index contributed by atoms with van der Waals surface area (Å²) in [7, 11) is 0. The fraction of sp³-hybridized carbons (Fsp3) is 0.263. The van der Waals surface area contributed by atoms with Crippen molar-refractivity contribution >= 4 is 11.9 Å². The van der Waals surface area contributed by atoms with E-state index < -0.39 is 29.1 Å². The van der Waals surface area contributed by atoms with Crippen LogP contribution < -0.4 is 14.8 Å². The van der Waals surface area contributed by atoms with Crippen molar-refractivity contribution in [2.75, 3.05) is 13.2 Å². The summed E-state index contributed by atoms with van der Waals surface area (Å²) in [6, 6.07) is 7.69. The Bertz CT molecular complexity index is 949. The van der Waals surface area contributed by atoms with Gasteiger partial charge in [0, 0.05) is 0 Å². The molecule has 1 atom stereocenters. The molecule has 2 aliphatic rings. The van der Waals surface area contributed by atoms with Crippen LogP contribution in [0.3, 0.4) is 0 Å². The lowest BCUT2D eigenvalue weighted by Gasteiger charge is -2.25. The van der Waals surface area contributed by atoms with Crippen LogP contribution in [0.4, 0.5) is 13.6 Å². The molecule has 2 aromatic rings. The normalized spacial score (nSPS) is 21.4. The second-order valence-electron chi connectivity index (χ2n) is 6.55. The molecular formula is C19H16F2N2O4. The lowest BCUT2D eigenvalue weighted by atomic mass is 9.91. The van der Waals surface area contributed by atoms with Gasteiger partial charge in [-0.1, -0.05) is 12.1 Å². The van der Waals surface area contributed by atoms with Gasteiger partial charge in [-0.2, -0.15) is 0 Å². The maximum absolute atomic E-state index is 13.4. The van der Waals surface area contributed by atoms with Gasteiger partial charge in [0.15, 0.2) is 23.1 Å². The molecule has 8 heteroatoms. The topological polar surface area (TPSA) is 67.9 Å². The predicted molar refractivity (Wildman–Crippen MR) is 90.2 cm³/mol. The number of nitrogens with one attached hydrogen (secondary N) is 1. The molecular weight excluding hydrogens is 358 g/mol. The zero-order valence-corrected chi connectivity index (χ0v) is 14.4. The van der Waals surface area contributed by atoms with Crippen molar-refractivity contribution in [2.24, 2.45) is 0 Å². The van der Waals surface area contributed by atoms with Crippen molar-refractivity contribution in [1.82, 2.24) is 10.2 Å². The maximum Gasteiger partial charge on any atom is 0.325 e. The number of hydrogen-bond donors (Lipinski definition) is 1. The maximum atomic E-state index is 13.4. The Morgan fingerprint density at radius 3 is 2.52 bits per heavy atom. The summed E-state index contributed by atoms with van der Waals surface area (Å²) < 4.78 is 37.5. The Hall–Kier alpha value is -3.16. The van der Waals surface area contributed by atoms with E-state index in [0.717, 1.165) is 17.0 Å². The monoisotopic (exact) mass is 374 g/mol. The summed E-state index contributed by atoms with van der Waals surface area (Å²) in [6.07, 6.45) is 0. The number of carbonyl (C=O) groups excluding carboxylic acids is 2. The number of carbonyl (C=O) groups is 2. The Morgan fingerprint density at radius 1 is 1.04 bits per heavy atom. The van der Waals surface area contributed by atoms with Crippen LogP contribution in [-0.2, 0) is 16.9 Å². The molecule has 2 heterocycles. The predicted octanol–water partition coefficient (Wildman–Crippen LogP) is 2.70. The van der Waals surface area contributed by atoms with Crippen molar-refractivity contribution in [3.63, 3.8) is 0 Å². The first-order valence-electron chi connectivity index (χ1n) is 8.36. The number of hydrogen-bond acceptors (Lipinski definition) is 4. The highest BCUT2D eigenvalue weighted by Crippen LogP contribution is 2.37. The smallest absolute Gasteiger partial charge is 0.325 e. The third-order valence-corrected chi connectivity index (χ3v) is 4.72. The van der Waals surface area contributed by atoms with Gasteiger partial charge in [-0.25, -0.2) is 13.6 Å². The summed E-state index contributed by atoms with van der Waals surface area (Å²) >= 11 is 0. The molecule has 0 aliphatic carbocycles. The third kappa shape index (κ3) is 2.87. The minimum atomic E-state index is -1.30. The van der Waals surface area contributed by atoms with E-state index in [0.29, 0.717) is 35.8 Å². The van der Waals surface area contributed by atoms with Gasteiger partial charge in [0.25, 0.3) is 5.91 Å². The van der Waals surface area contributed by atoms with Crippen LogP contribution in [0, 0.1) is 11.6 Å². The van der Waals surface area contributed by atoms with Crippen LogP contribution >= 0.6 is 0 Å². The van der Waals surface area contributed by atoms with Gasteiger partial charge >= 0.3 is 6.03 Å². The Balaban J connectivity index is 1.62. The Kier molecular flexibility index (Phi) is 3.98. The molecule has 0 unspecified atom stereocenters. The first-order valence-corrected chi connectivity index (χ1v) is 8.36. The fourth-order valence-electron chi connectivity index (χ4n) is 3.21. The number of ether oxygens (including phenoxy) is 2. The second kappa shape index (κ2) is 6.22. The number of amides is 3. The molecule has 3 amide bonds. The number of imide groups is 1. The van der Waals surface area contributed by atoms with Crippen LogP contribution in [0.5, 0.6) is 11.5 Å². The largest absolute Gasteiger partial charge is 0.486 e. The lowest BCUT2D eigenvalue weighted by molar-refractivity contribution is -0.131. The molecule has 0 bridgehead atoms. The summed E-state index contributed by atoms with van der Waals surface area (Å²) in [5, 5.41) is 2.67. The minimum Gasteiger partial charge on any atom is -0.486 e. The van der Waals surface area contributed by atoms with Gasteiger partial charge in [-0.05, 0) is 42.3 Å². The number of rotatable bonds is 3. The Labute approximate surface area is 153 Å². The van der Waals surface area contributed by atoms with E-state index in [-0.39, 0.29) is 6.54 Å². The van der Waals surface area contributed by atoms with E-state index in [2.05, 4.69) is 5.32 Å². The van der Waals surface area contributed by atoms with E-state index >= 15 is 0 Å². The molecule has 1 N–H and O–H groups in total. The first-order chi connectivity index (χ1) is 12.9. The average Bonchev–Trinajstić information content (AvgIpc) is 2.88. The molecule has 1 saturated heterocycles. The number of benzene rings is 2. The summed E-state index contributed by atoms with van der Waals surface area (Å²) in [4.78, 5) is 26.3. The highest BCUT2D eigenvalue weighted by Gasteiger charge is 2.49. The molecule has 0 aromatic heterocycles. The van der Waals surface area contributed by atoms with Gasteiger partial charge in [-0.15, -0.1) is 0 Å². The zero-order chi connectivity index (χ0) is 19.2. The summed E-state index contributed by atoms with van der Waals surface area (Å²) in [5.74, 6) is -1.44. The quantitative estimate of drug-likeness (QED) is 0.839. The highest BCUT2D eigenvalue weighted by atomic mass is 19.2. The molecule has 2 aromatic carbocycles. The number of fused-ring (bicyclic) bond motifs is 1. The zero-order valence-electron chi connectivity index (χ0n) is 14.4. The number of halogens is 2. The van der Waals surface area contributed by atoms with E-state index in [1.54, 1.807) is 25.1 Å². The van der Waals surface area contributed by atoms with Crippen LogP contribution in [0.2, 0.25) is 0 Å². The molecule has 1 fully saturated rings. The summed E-state index contributed by atoms with van der Waals surface area (Å²) in [6.45, 7) is 2.27. The van der Waals surface area contributed by atoms with Crippen molar-refractivity contribution < 1.29 is 27.8 Å². The first kappa shape index (κ1) is 17.3. The van der Waals surface area contributed by atoms with Crippen molar-refractivity contribution in [3.8, 4) is 11.5 Å². The molecule has 4 rings (SSSR count). The van der Waals surface area contributed by atoms with Crippen LogP contribution in [0.25, 0.3) is 0 Å². The minimum absolute atomic E-state index is 0.165. The van der Waals surface area contributed by atoms with Crippen LogP contribution in [0.15, 0.2) is 36.4 Å². The highest BCUT2D eigenvalue weighted by molar-refractivity contribution is 6.07. The lowest BCUT2D eigenvalue weighted by Crippen LogP contribution is -2.41. The van der Waals surface area contributed by atoms with Gasteiger partial charge in [0.05, 0.1) is 6.54 Å². The van der Waals surface area contributed by atoms with Crippen molar-refractivity contribution in [1.29, 1.82) is 0 Å².